The molecule has 2 aromatic carbocycles. The Morgan fingerprint density at radius 2 is 1.87 bits per heavy atom. The lowest BCUT2D eigenvalue weighted by atomic mass is 9.85. The number of anilines is 1. The van der Waals surface area contributed by atoms with E-state index in [1.165, 1.54) is 5.56 Å². The SMILES string of the molecule is CCN(CC)CCOC(=O)Nc1ccc(C2CN(C)Cc3c(Cl)cc(Cl)cc32)cc1.Cl. The van der Waals surface area contributed by atoms with Crippen LogP contribution in [0.1, 0.15) is 36.5 Å². The Balaban J connectivity index is 0.00000341. The first kappa shape index (κ1) is 25.8. The van der Waals surface area contributed by atoms with Gasteiger partial charge in [-0.2, -0.15) is 0 Å². The second-order valence-electron chi connectivity index (χ2n) is 7.61. The summed E-state index contributed by atoms with van der Waals surface area (Å²) in [4.78, 5) is 16.5. The van der Waals surface area contributed by atoms with Gasteiger partial charge in [-0.25, -0.2) is 4.79 Å². The number of carbonyl (C=O) groups is 1. The van der Waals surface area contributed by atoms with Gasteiger partial charge in [0.25, 0.3) is 0 Å². The third-order valence-corrected chi connectivity index (χ3v) is 6.14. The monoisotopic (exact) mass is 485 g/mol. The van der Waals surface area contributed by atoms with Crippen molar-refractivity contribution in [1.29, 1.82) is 0 Å². The molecule has 1 atom stereocenters. The lowest BCUT2D eigenvalue weighted by Crippen LogP contribution is -2.31. The van der Waals surface area contributed by atoms with Gasteiger partial charge in [0.1, 0.15) is 6.61 Å². The van der Waals surface area contributed by atoms with Crippen molar-refractivity contribution in [3.8, 4) is 0 Å². The minimum atomic E-state index is -0.434. The molecular formula is C23H30Cl3N3O2. The number of carbonyl (C=O) groups excluding carboxylic acids is 1. The van der Waals surface area contributed by atoms with Gasteiger partial charge in [-0.15, -0.1) is 12.4 Å². The van der Waals surface area contributed by atoms with Gasteiger partial charge in [0.15, 0.2) is 0 Å². The van der Waals surface area contributed by atoms with Crippen LogP contribution in [0.2, 0.25) is 10.0 Å². The van der Waals surface area contributed by atoms with Crippen LogP contribution in [0.25, 0.3) is 0 Å². The van der Waals surface area contributed by atoms with Crippen molar-refractivity contribution >= 4 is 47.4 Å². The zero-order valence-electron chi connectivity index (χ0n) is 18.2. The first-order valence-corrected chi connectivity index (χ1v) is 11.1. The molecule has 1 amide bonds. The quantitative estimate of drug-likeness (QED) is 0.530. The number of hydrogen-bond donors (Lipinski definition) is 1. The molecule has 0 saturated carbocycles. The molecule has 1 aliphatic rings. The van der Waals surface area contributed by atoms with E-state index in [0.29, 0.717) is 22.3 Å². The Morgan fingerprint density at radius 3 is 2.52 bits per heavy atom. The van der Waals surface area contributed by atoms with E-state index >= 15 is 0 Å². The molecule has 1 aliphatic heterocycles. The fourth-order valence-electron chi connectivity index (χ4n) is 3.89. The number of nitrogens with zero attached hydrogens (tertiary/aromatic N) is 2. The molecule has 1 N–H and O–H groups in total. The topological polar surface area (TPSA) is 44.8 Å². The summed E-state index contributed by atoms with van der Waals surface area (Å²) < 4.78 is 5.29. The Hall–Kier alpha value is -1.50. The smallest absolute Gasteiger partial charge is 0.411 e. The van der Waals surface area contributed by atoms with Crippen molar-refractivity contribution in [2.75, 3.05) is 45.2 Å². The van der Waals surface area contributed by atoms with Crippen molar-refractivity contribution in [3.05, 3.63) is 63.1 Å². The average molecular weight is 487 g/mol. The maximum absolute atomic E-state index is 12.1. The van der Waals surface area contributed by atoms with Crippen LogP contribution < -0.4 is 5.32 Å². The van der Waals surface area contributed by atoms with Gasteiger partial charge in [0, 0.05) is 41.3 Å². The number of nitrogens with one attached hydrogen (secondary N) is 1. The highest BCUT2D eigenvalue weighted by Crippen LogP contribution is 2.38. The standard InChI is InChI=1S/C23H29Cl2N3O2.ClH/c1-4-28(5-2)10-11-30-23(29)26-18-8-6-16(7-9-18)20-14-27(3)15-21-19(20)12-17(24)13-22(21)25;/h6-9,12-13,20H,4-5,10-11,14-15H2,1-3H3,(H,26,29);1H. The van der Waals surface area contributed by atoms with E-state index in [1.807, 2.05) is 30.3 Å². The maximum atomic E-state index is 12.1. The molecule has 2 aromatic rings. The number of amides is 1. The van der Waals surface area contributed by atoms with E-state index in [-0.39, 0.29) is 18.3 Å². The summed E-state index contributed by atoms with van der Waals surface area (Å²) in [5.41, 5.74) is 4.16. The first-order valence-electron chi connectivity index (χ1n) is 10.3. The van der Waals surface area contributed by atoms with Crippen molar-refractivity contribution in [1.82, 2.24) is 9.80 Å². The molecule has 0 fully saturated rings. The molecule has 0 aromatic heterocycles. The normalized spacial score (nSPS) is 15.9. The van der Waals surface area contributed by atoms with Crippen LogP contribution in [0, 0.1) is 0 Å². The van der Waals surface area contributed by atoms with Crippen molar-refractivity contribution in [3.63, 3.8) is 0 Å². The number of likely N-dealkylation sites (N-methyl/N-ethyl adjacent to an activating group) is 2. The molecule has 31 heavy (non-hydrogen) atoms. The van der Waals surface area contributed by atoms with Gasteiger partial charge in [-0.05, 0) is 61.1 Å². The van der Waals surface area contributed by atoms with E-state index in [1.54, 1.807) is 6.07 Å². The number of halogens is 3. The Kier molecular flexibility index (Phi) is 9.91. The number of ether oxygens (including phenoxy) is 1. The van der Waals surface area contributed by atoms with Gasteiger partial charge in [0.05, 0.1) is 0 Å². The zero-order valence-corrected chi connectivity index (χ0v) is 20.5. The fourth-order valence-corrected chi connectivity index (χ4v) is 4.46. The van der Waals surface area contributed by atoms with Gasteiger partial charge < -0.3 is 14.5 Å². The Morgan fingerprint density at radius 1 is 1.19 bits per heavy atom. The maximum Gasteiger partial charge on any atom is 0.411 e. The lowest BCUT2D eigenvalue weighted by Gasteiger charge is -2.33. The van der Waals surface area contributed by atoms with Crippen LogP contribution in [0.5, 0.6) is 0 Å². The minimum absolute atomic E-state index is 0. The van der Waals surface area contributed by atoms with E-state index in [4.69, 9.17) is 27.9 Å². The highest BCUT2D eigenvalue weighted by molar-refractivity contribution is 6.35. The summed E-state index contributed by atoms with van der Waals surface area (Å²) in [5, 5.41) is 4.16. The first-order chi connectivity index (χ1) is 14.4. The second kappa shape index (κ2) is 11.9. The van der Waals surface area contributed by atoms with E-state index in [2.05, 4.69) is 36.0 Å². The summed E-state index contributed by atoms with van der Waals surface area (Å²) in [5.74, 6) is 0.171. The molecule has 0 spiro atoms. The number of rotatable bonds is 7. The molecule has 0 aliphatic carbocycles. The van der Waals surface area contributed by atoms with E-state index in [9.17, 15) is 4.79 Å². The van der Waals surface area contributed by atoms with Crippen LogP contribution in [0.15, 0.2) is 36.4 Å². The molecule has 1 unspecified atom stereocenters. The number of hydrogen-bond acceptors (Lipinski definition) is 4. The van der Waals surface area contributed by atoms with Gasteiger partial charge in [-0.1, -0.05) is 49.2 Å². The fraction of sp³-hybridized carbons (Fsp3) is 0.435. The van der Waals surface area contributed by atoms with Crippen LogP contribution in [-0.2, 0) is 11.3 Å². The molecule has 170 valence electrons. The predicted octanol–water partition coefficient (Wildman–Crippen LogP) is 5.88. The summed E-state index contributed by atoms with van der Waals surface area (Å²) in [6, 6.07) is 11.7. The van der Waals surface area contributed by atoms with Crippen molar-refractivity contribution < 1.29 is 9.53 Å². The summed E-state index contributed by atoms with van der Waals surface area (Å²) >= 11 is 12.7. The van der Waals surface area contributed by atoms with Crippen molar-refractivity contribution in [2.45, 2.75) is 26.3 Å². The highest BCUT2D eigenvalue weighted by Gasteiger charge is 2.27. The number of fused-ring (bicyclic) bond motifs is 1. The molecule has 5 nitrogen and oxygen atoms in total. The van der Waals surface area contributed by atoms with Gasteiger partial charge in [0.2, 0.25) is 0 Å². The molecule has 3 rings (SSSR count). The van der Waals surface area contributed by atoms with Crippen LogP contribution in [-0.4, -0.2) is 55.7 Å². The van der Waals surface area contributed by atoms with E-state index in [0.717, 1.165) is 43.9 Å². The molecule has 8 heteroatoms. The van der Waals surface area contributed by atoms with Gasteiger partial charge >= 0.3 is 6.09 Å². The largest absolute Gasteiger partial charge is 0.448 e. The Labute approximate surface area is 201 Å². The summed E-state index contributed by atoms with van der Waals surface area (Å²) in [7, 11) is 2.09. The van der Waals surface area contributed by atoms with Crippen LogP contribution in [0.4, 0.5) is 10.5 Å². The lowest BCUT2D eigenvalue weighted by molar-refractivity contribution is 0.142. The van der Waals surface area contributed by atoms with Crippen molar-refractivity contribution in [2.24, 2.45) is 0 Å². The molecule has 0 saturated heterocycles. The second-order valence-corrected chi connectivity index (χ2v) is 8.46. The molecule has 0 radical (unpaired) electrons. The van der Waals surface area contributed by atoms with Crippen LogP contribution >= 0.6 is 35.6 Å². The average Bonchev–Trinajstić information content (AvgIpc) is 2.72. The summed E-state index contributed by atoms with van der Waals surface area (Å²) in [6.07, 6.45) is -0.434. The third-order valence-electron chi connectivity index (χ3n) is 5.59. The number of benzene rings is 2. The predicted molar refractivity (Wildman–Crippen MR) is 131 cm³/mol. The zero-order chi connectivity index (χ0) is 21.7. The molecular weight excluding hydrogens is 457 g/mol. The highest BCUT2D eigenvalue weighted by atomic mass is 35.5. The minimum Gasteiger partial charge on any atom is -0.448 e. The Bertz CT molecular complexity index is 873. The third kappa shape index (κ3) is 6.74. The molecule has 0 bridgehead atoms. The van der Waals surface area contributed by atoms with E-state index < -0.39 is 6.09 Å². The summed E-state index contributed by atoms with van der Waals surface area (Å²) in [6.45, 7) is 8.87. The van der Waals surface area contributed by atoms with Crippen LogP contribution in [0.3, 0.4) is 0 Å². The van der Waals surface area contributed by atoms with Gasteiger partial charge in [-0.3, -0.25) is 5.32 Å². The molecule has 1 heterocycles.